The normalized spacial score (nSPS) is 12.0. The van der Waals surface area contributed by atoms with E-state index in [0.717, 1.165) is 187 Å². The van der Waals surface area contributed by atoms with Gasteiger partial charge in [0.1, 0.15) is 0 Å². The smallest absolute Gasteiger partial charge is 0.0998 e. The Morgan fingerprint density at radius 2 is 0.387 bits per heavy atom. The van der Waals surface area contributed by atoms with E-state index in [1.54, 1.807) is 0 Å². The summed E-state index contributed by atoms with van der Waals surface area (Å²) >= 11 is 0. The van der Waals surface area contributed by atoms with Crippen LogP contribution in [0.2, 0.25) is 0 Å². The molecule has 0 saturated carbocycles. The predicted molar refractivity (Wildman–Crippen MR) is 435 cm³/mol. The Balaban J connectivity index is 0.578. The fraction of sp³-hybridized carbons (Fsp3) is 0. The Hall–Kier alpha value is -15.6. The topological polar surface area (TPSA) is 206 Å². The van der Waals surface area contributed by atoms with Gasteiger partial charge in [-0.3, -0.25) is 0 Å². The maximum atomic E-state index is 10.6. The zero-order valence-electron chi connectivity index (χ0n) is 56.8. The van der Waals surface area contributed by atoms with Crippen LogP contribution in [0.1, 0.15) is 55.6 Å². The number of nitrogens with one attached hydrogen (secondary N) is 4. The summed E-state index contributed by atoms with van der Waals surface area (Å²) in [5.74, 6) is 0. The lowest BCUT2D eigenvalue weighted by molar-refractivity contribution is 1.50. The van der Waals surface area contributed by atoms with Crippen molar-refractivity contribution in [3.63, 3.8) is 0 Å². The van der Waals surface area contributed by atoms with Crippen molar-refractivity contribution in [2.75, 3.05) is 0 Å². The third-order valence-electron chi connectivity index (χ3n) is 20.2. The molecule has 4 aromatic heterocycles. The number of H-pyrrole nitrogens is 4. The number of hydrogen-bond donors (Lipinski definition) is 4. The molecule has 0 amide bonds. The Morgan fingerprint density at radius 3 is 0.594 bits per heavy atom. The fourth-order valence-corrected chi connectivity index (χ4v) is 14.5. The fourth-order valence-electron chi connectivity index (χ4n) is 14.5. The largest absolute Gasteiger partial charge is 0.355 e. The second-order valence-electron chi connectivity index (χ2n) is 26.5. The molecule has 10 heteroatoms. The molecule has 0 aliphatic heterocycles. The van der Waals surface area contributed by atoms with Crippen molar-refractivity contribution in [2.45, 2.75) is 0 Å². The van der Waals surface area contributed by atoms with E-state index in [0.29, 0.717) is 33.4 Å². The van der Waals surface area contributed by atoms with Crippen LogP contribution >= 0.6 is 0 Å². The molecule has 0 aliphatic carbocycles. The van der Waals surface area contributed by atoms with E-state index in [9.17, 15) is 31.6 Å². The molecule has 0 radical (unpaired) electrons. The summed E-state index contributed by atoms with van der Waals surface area (Å²) in [5, 5.41) is 69.2. The summed E-state index contributed by atoms with van der Waals surface area (Å²) in [5.41, 5.74) is 27.3. The summed E-state index contributed by atoms with van der Waals surface area (Å²) in [6.45, 7) is 7.68. The van der Waals surface area contributed by atoms with E-state index in [1.807, 2.05) is 158 Å². The number of fused-ring (bicyclic) bond motifs is 12. The van der Waals surface area contributed by atoms with Crippen molar-refractivity contribution in [3.05, 3.63) is 336 Å². The summed E-state index contributed by atoms with van der Waals surface area (Å²) in [6.07, 6.45) is 7.66. The van der Waals surface area contributed by atoms with Crippen molar-refractivity contribution >= 4 is 145 Å². The van der Waals surface area contributed by atoms with Gasteiger partial charge >= 0.3 is 0 Å². The number of nitriles is 6. The van der Waals surface area contributed by atoms with Crippen LogP contribution in [-0.2, 0) is 0 Å². The molecule has 13 aromatic carbocycles. The molecule has 0 bridgehead atoms. The second-order valence-corrected chi connectivity index (χ2v) is 26.5. The maximum absolute atomic E-state index is 10.6. The Bertz CT molecular complexity index is 6570. The van der Waals surface area contributed by atoms with Gasteiger partial charge in [-0.25, -0.2) is 0 Å². The number of benzene rings is 13. The van der Waals surface area contributed by atoms with Gasteiger partial charge in [0.2, 0.25) is 0 Å². The van der Waals surface area contributed by atoms with Crippen LogP contribution < -0.4 is 0 Å². The number of allylic oxidation sites excluding steroid dienone is 6. The molecule has 0 atom stereocenters. The molecule has 0 aliphatic rings. The van der Waals surface area contributed by atoms with Crippen LogP contribution in [0.15, 0.2) is 280 Å². The third kappa shape index (κ3) is 11.9. The van der Waals surface area contributed by atoms with Gasteiger partial charge in [0.05, 0.1) is 69.9 Å². The molecule has 0 spiro atoms. The molecule has 0 unspecified atom stereocenters. The average molecular weight is 1350 g/mol. The van der Waals surface area contributed by atoms with Gasteiger partial charge in [0, 0.05) is 87.2 Å². The Labute approximate surface area is 609 Å². The molecule has 4 N–H and O–H groups in total. The molecule has 490 valence electrons. The highest BCUT2D eigenvalue weighted by atomic mass is 14.7. The SMILES string of the molecule is C=C(C#N)c1ccc(-c2ccc3[nH]c4ccc(/C=C(\C#N)c5ccc(-c6ccc7[nH]c8ccc(/C=C(\C#N)c9ccc(/C(C#N)=C/c%10ccc%11[nH]c%12ccc(-c%13ccc(/C(C#N)=C/c%14ccc%15[nH]c%16ccc(-c%17ccc(C(=C)C#N)cc%17)cc%16c%15c%14)cc%13)cc%12c%11c%10)cc9)cc8c7c6)cc5)cc4c3c2)cc1. The van der Waals surface area contributed by atoms with E-state index < -0.39 is 0 Å². The summed E-state index contributed by atoms with van der Waals surface area (Å²) < 4.78 is 0. The first-order valence-corrected chi connectivity index (χ1v) is 34.4. The molecule has 17 aromatic rings. The van der Waals surface area contributed by atoms with Gasteiger partial charge in [-0.05, 0) is 222 Å². The van der Waals surface area contributed by atoms with Crippen molar-refractivity contribution < 1.29 is 0 Å². The maximum Gasteiger partial charge on any atom is 0.0998 e. The highest BCUT2D eigenvalue weighted by Gasteiger charge is 2.16. The average Bonchev–Trinajstić information content (AvgIpc) is 1.64. The lowest BCUT2D eigenvalue weighted by Crippen LogP contribution is -1.86. The van der Waals surface area contributed by atoms with Crippen LogP contribution in [0, 0.1) is 68.0 Å². The summed E-state index contributed by atoms with van der Waals surface area (Å²) in [4.78, 5) is 14.2. The zero-order valence-corrected chi connectivity index (χ0v) is 56.8. The molecule has 0 saturated heterocycles. The third-order valence-corrected chi connectivity index (χ3v) is 20.2. The second kappa shape index (κ2) is 26.5. The quantitative estimate of drug-likeness (QED) is 0.0615. The number of nitrogens with zero attached hydrogens (tertiary/aromatic N) is 6. The number of aromatic nitrogens is 4. The monoisotopic (exact) mass is 1350 g/mol. The predicted octanol–water partition coefficient (Wildman–Crippen LogP) is 24.2. The lowest BCUT2D eigenvalue weighted by atomic mass is 9.97. The minimum absolute atomic E-state index is 0.430. The highest BCUT2D eigenvalue weighted by molar-refractivity contribution is 6.14. The van der Waals surface area contributed by atoms with Crippen molar-refractivity contribution in [3.8, 4) is 80.9 Å². The van der Waals surface area contributed by atoms with E-state index in [4.69, 9.17) is 0 Å². The van der Waals surface area contributed by atoms with Crippen molar-refractivity contribution in [1.82, 2.24) is 19.9 Å². The Kier molecular flexibility index (Phi) is 16.0. The van der Waals surface area contributed by atoms with Crippen LogP contribution in [0.5, 0.6) is 0 Å². The molecule has 106 heavy (non-hydrogen) atoms. The van der Waals surface area contributed by atoms with Crippen LogP contribution in [0.3, 0.4) is 0 Å². The lowest BCUT2D eigenvalue weighted by Gasteiger charge is -2.06. The minimum Gasteiger partial charge on any atom is -0.355 e. The number of aromatic amines is 4. The molecule has 4 heterocycles. The standard InChI is InChI=1S/C96H56N10/c1-57(51-97)63-7-11-65(12-8-63)73-27-35-93-85(47-73)81-43-59(3-31-89(81)103-93)39-77(53-99)69-19-15-67(16-20-69)75-29-37-95-87(49-75)83-45-61(5-33-91(83)105-95)41-79(55-101)71-23-25-72(26-24-71)80(56-102)42-62-6-34-92-84(46-62)88-50-76(30-38-96(88)106-92)68-17-21-70(22-18-68)78(54-100)40-60-4-32-90-82(44-60)86-48-74(28-36-94(86)104-90)66-13-9-64(10-14-66)58(2)52-98/h3-50,103-106H,1-2H2/b77-39+,78-40+,79-41+,80-42+. The van der Waals surface area contributed by atoms with Crippen LogP contribution in [-0.4, -0.2) is 19.9 Å². The van der Waals surface area contributed by atoms with Gasteiger partial charge in [-0.2, -0.15) is 31.6 Å². The van der Waals surface area contributed by atoms with E-state index in [1.165, 1.54) is 0 Å². The minimum atomic E-state index is 0.430. The van der Waals surface area contributed by atoms with Gasteiger partial charge < -0.3 is 19.9 Å². The van der Waals surface area contributed by atoms with Crippen molar-refractivity contribution in [2.24, 2.45) is 0 Å². The number of rotatable bonds is 14. The molecule has 17 rings (SSSR count). The first-order chi connectivity index (χ1) is 51.9. The van der Waals surface area contributed by atoms with E-state index in [-0.39, 0.29) is 0 Å². The van der Waals surface area contributed by atoms with Crippen LogP contribution in [0.25, 0.3) is 189 Å². The molecular weight excluding hydrogens is 1290 g/mol. The van der Waals surface area contributed by atoms with Gasteiger partial charge in [-0.1, -0.05) is 183 Å². The summed E-state index contributed by atoms with van der Waals surface area (Å²) in [7, 11) is 0. The molecule has 10 nitrogen and oxygen atoms in total. The molecule has 0 fully saturated rings. The first-order valence-electron chi connectivity index (χ1n) is 34.4. The van der Waals surface area contributed by atoms with Crippen LogP contribution in [0.4, 0.5) is 0 Å². The number of hydrogen-bond acceptors (Lipinski definition) is 6. The Morgan fingerprint density at radius 1 is 0.208 bits per heavy atom. The first kappa shape index (κ1) is 63.9. The zero-order chi connectivity index (χ0) is 72.1. The molecular formula is C96H56N10. The van der Waals surface area contributed by atoms with E-state index >= 15 is 0 Å². The van der Waals surface area contributed by atoms with E-state index in [2.05, 4.69) is 203 Å². The van der Waals surface area contributed by atoms with Gasteiger partial charge in [-0.15, -0.1) is 0 Å². The van der Waals surface area contributed by atoms with Gasteiger partial charge in [0.15, 0.2) is 0 Å². The van der Waals surface area contributed by atoms with Crippen molar-refractivity contribution in [1.29, 1.82) is 31.6 Å². The van der Waals surface area contributed by atoms with Gasteiger partial charge in [0.25, 0.3) is 0 Å². The summed E-state index contributed by atoms with van der Waals surface area (Å²) in [6, 6.07) is 104. The highest BCUT2D eigenvalue weighted by Crippen LogP contribution is 2.39.